The van der Waals surface area contributed by atoms with Gasteiger partial charge in [0.15, 0.2) is 0 Å². The van der Waals surface area contributed by atoms with Crippen molar-refractivity contribution in [1.82, 2.24) is 20.0 Å². The molecule has 2 amide bonds. The van der Waals surface area contributed by atoms with Gasteiger partial charge in [0, 0.05) is 57.9 Å². The van der Waals surface area contributed by atoms with E-state index in [0.29, 0.717) is 13.1 Å². The summed E-state index contributed by atoms with van der Waals surface area (Å²) in [5.74, 6) is 0.275. The van der Waals surface area contributed by atoms with E-state index < -0.39 is 0 Å². The van der Waals surface area contributed by atoms with Crippen molar-refractivity contribution in [3.8, 4) is 0 Å². The number of nitrogens with one attached hydrogen (secondary N) is 1. The third-order valence-corrected chi connectivity index (χ3v) is 6.58. The molecule has 3 heterocycles. The number of benzene rings is 1. The Morgan fingerprint density at radius 1 is 1.00 bits per heavy atom. The van der Waals surface area contributed by atoms with Gasteiger partial charge >= 0.3 is 0 Å². The van der Waals surface area contributed by atoms with Crippen LogP contribution in [0.1, 0.15) is 35.2 Å². The van der Waals surface area contributed by atoms with Crippen LogP contribution in [0.3, 0.4) is 0 Å². The predicted molar refractivity (Wildman–Crippen MR) is 104 cm³/mol. The van der Waals surface area contributed by atoms with E-state index in [2.05, 4.69) is 34.3 Å². The lowest BCUT2D eigenvalue weighted by Gasteiger charge is -2.37. The Bertz CT molecular complexity index is 687. The first kappa shape index (κ1) is 18.4. The van der Waals surface area contributed by atoms with E-state index in [1.165, 1.54) is 5.56 Å². The summed E-state index contributed by atoms with van der Waals surface area (Å²) >= 11 is 0. The molecular weight excluding hydrogens is 340 g/mol. The van der Waals surface area contributed by atoms with Gasteiger partial charge in [-0.25, -0.2) is 0 Å². The zero-order chi connectivity index (χ0) is 18.9. The van der Waals surface area contributed by atoms with Crippen molar-refractivity contribution in [3.05, 3.63) is 35.4 Å². The molecule has 1 aromatic rings. The van der Waals surface area contributed by atoms with Crippen LogP contribution in [0, 0.1) is 5.41 Å². The number of likely N-dealkylation sites (tertiary alicyclic amines) is 1. The molecule has 0 radical (unpaired) electrons. The van der Waals surface area contributed by atoms with Crippen molar-refractivity contribution < 1.29 is 9.59 Å². The van der Waals surface area contributed by atoms with Crippen LogP contribution in [-0.4, -0.2) is 79.4 Å². The molecule has 0 bridgehead atoms. The second-order valence-electron chi connectivity index (χ2n) is 8.35. The normalized spacial score (nSPS) is 23.6. The zero-order valence-electron chi connectivity index (χ0n) is 16.2. The average molecular weight is 370 g/mol. The van der Waals surface area contributed by atoms with Crippen molar-refractivity contribution in [1.29, 1.82) is 0 Å². The number of likely N-dealkylation sites (N-methyl/N-ethyl adjacent to an activating group) is 1. The molecule has 0 saturated carbocycles. The molecule has 0 atom stereocenters. The smallest absolute Gasteiger partial charge is 0.253 e. The molecule has 4 rings (SSSR count). The summed E-state index contributed by atoms with van der Waals surface area (Å²) in [5, 5.41) is 2.95. The molecule has 0 unspecified atom stereocenters. The average Bonchev–Trinajstić information content (AvgIpc) is 3.04. The standard InChI is InChI=1S/C21H30N4O2/c1-23-12-14-24(15-13-23)16-17-2-4-18(5-3-17)19(26)25-10-7-21(8-11-25)6-9-22-20(21)27/h2-5H,6-16H2,1H3,(H,22,27). The number of hydrogen-bond acceptors (Lipinski definition) is 4. The first-order valence-electron chi connectivity index (χ1n) is 10.1. The molecule has 3 fully saturated rings. The second-order valence-corrected chi connectivity index (χ2v) is 8.35. The van der Waals surface area contributed by atoms with Crippen molar-refractivity contribution >= 4 is 11.8 Å². The highest BCUT2D eigenvalue weighted by atomic mass is 16.2. The Hall–Kier alpha value is -1.92. The van der Waals surface area contributed by atoms with Gasteiger partial charge in [0.2, 0.25) is 5.91 Å². The van der Waals surface area contributed by atoms with Gasteiger partial charge in [-0.05, 0) is 44.0 Å². The fourth-order valence-corrected chi connectivity index (χ4v) is 4.53. The number of carbonyl (C=O) groups excluding carboxylic acids is 2. The van der Waals surface area contributed by atoms with E-state index in [9.17, 15) is 9.59 Å². The van der Waals surface area contributed by atoms with Crippen molar-refractivity contribution in [2.45, 2.75) is 25.8 Å². The third-order valence-electron chi connectivity index (χ3n) is 6.58. The number of piperidine rings is 1. The van der Waals surface area contributed by atoms with Gasteiger partial charge in [0.25, 0.3) is 5.91 Å². The minimum Gasteiger partial charge on any atom is -0.356 e. The molecule has 6 heteroatoms. The quantitative estimate of drug-likeness (QED) is 0.868. The highest BCUT2D eigenvalue weighted by molar-refractivity contribution is 5.94. The Balaban J connectivity index is 1.32. The first-order valence-corrected chi connectivity index (χ1v) is 10.1. The van der Waals surface area contributed by atoms with Gasteiger partial charge < -0.3 is 15.1 Å². The Labute approximate surface area is 161 Å². The van der Waals surface area contributed by atoms with Crippen LogP contribution in [0.15, 0.2) is 24.3 Å². The van der Waals surface area contributed by atoms with E-state index in [4.69, 9.17) is 0 Å². The molecular formula is C21H30N4O2. The zero-order valence-corrected chi connectivity index (χ0v) is 16.2. The minimum atomic E-state index is -0.219. The van der Waals surface area contributed by atoms with Gasteiger partial charge in [-0.15, -0.1) is 0 Å². The van der Waals surface area contributed by atoms with Crippen LogP contribution >= 0.6 is 0 Å². The number of amides is 2. The van der Waals surface area contributed by atoms with Crippen molar-refractivity contribution in [2.24, 2.45) is 5.41 Å². The Morgan fingerprint density at radius 2 is 1.67 bits per heavy atom. The predicted octanol–water partition coefficient (Wildman–Crippen LogP) is 1.18. The summed E-state index contributed by atoms with van der Waals surface area (Å²) in [6, 6.07) is 8.09. The Kier molecular flexibility index (Phi) is 5.19. The number of carbonyl (C=O) groups is 2. The van der Waals surface area contributed by atoms with Gasteiger partial charge in [-0.2, -0.15) is 0 Å². The van der Waals surface area contributed by atoms with Crippen LogP contribution in [-0.2, 0) is 11.3 Å². The second kappa shape index (κ2) is 7.60. The number of piperazine rings is 1. The fourth-order valence-electron chi connectivity index (χ4n) is 4.53. The summed E-state index contributed by atoms with van der Waals surface area (Å²) in [6.45, 7) is 7.51. The van der Waals surface area contributed by atoms with Crippen molar-refractivity contribution in [2.75, 3.05) is 52.9 Å². The van der Waals surface area contributed by atoms with Gasteiger partial charge in [-0.3, -0.25) is 14.5 Å². The molecule has 3 saturated heterocycles. The maximum absolute atomic E-state index is 12.8. The molecule has 1 aromatic carbocycles. The van der Waals surface area contributed by atoms with Crippen LogP contribution in [0.25, 0.3) is 0 Å². The third kappa shape index (κ3) is 3.87. The summed E-state index contributed by atoms with van der Waals surface area (Å²) in [7, 11) is 2.17. The molecule has 1 spiro atoms. The lowest BCUT2D eigenvalue weighted by molar-refractivity contribution is -0.129. The number of hydrogen-bond donors (Lipinski definition) is 1. The molecule has 27 heavy (non-hydrogen) atoms. The number of rotatable bonds is 3. The number of nitrogens with zero attached hydrogens (tertiary/aromatic N) is 3. The fraction of sp³-hybridized carbons (Fsp3) is 0.619. The summed E-state index contributed by atoms with van der Waals surface area (Å²) in [5.41, 5.74) is 1.80. The molecule has 3 aliphatic heterocycles. The van der Waals surface area contributed by atoms with Crippen LogP contribution in [0.2, 0.25) is 0 Å². The van der Waals surface area contributed by atoms with E-state index >= 15 is 0 Å². The highest BCUT2D eigenvalue weighted by Crippen LogP contribution is 2.38. The SMILES string of the molecule is CN1CCN(Cc2ccc(C(=O)N3CCC4(CCNC4=O)CC3)cc2)CC1. The maximum Gasteiger partial charge on any atom is 0.253 e. The molecule has 6 nitrogen and oxygen atoms in total. The lowest BCUT2D eigenvalue weighted by atomic mass is 9.77. The minimum absolute atomic E-state index is 0.0920. The molecule has 3 aliphatic rings. The Morgan fingerprint density at radius 3 is 2.26 bits per heavy atom. The molecule has 0 aromatic heterocycles. The summed E-state index contributed by atoms with van der Waals surface area (Å²) in [4.78, 5) is 31.7. The van der Waals surface area contributed by atoms with Gasteiger partial charge in [-0.1, -0.05) is 12.1 Å². The molecule has 146 valence electrons. The van der Waals surface area contributed by atoms with E-state index in [1.807, 2.05) is 17.0 Å². The van der Waals surface area contributed by atoms with E-state index in [1.54, 1.807) is 0 Å². The van der Waals surface area contributed by atoms with Crippen LogP contribution in [0.5, 0.6) is 0 Å². The molecule has 0 aliphatic carbocycles. The topological polar surface area (TPSA) is 55.9 Å². The van der Waals surface area contributed by atoms with Crippen molar-refractivity contribution in [3.63, 3.8) is 0 Å². The maximum atomic E-state index is 12.8. The van der Waals surface area contributed by atoms with Gasteiger partial charge in [0.1, 0.15) is 0 Å². The summed E-state index contributed by atoms with van der Waals surface area (Å²) in [6.07, 6.45) is 2.48. The van der Waals surface area contributed by atoms with E-state index in [-0.39, 0.29) is 17.2 Å². The lowest BCUT2D eigenvalue weighted by Crippen LogP contribution is -2.46. The first-order chi connectivity index (χ1) is 13.1. The largest absolute Gasteiger partial charge is 0.356 e. The van der Waals surface area contributed by atoms with Crippen LogP contribution < -0.4 is 5.32 Å². The van der Waals surface area contributed by atoms with Crippen LogP contribution in [0.4, 0.5) is 0 Å². The highest BCUT2D eigenvalue weighted by Gasteiger charge is 2.45. The van der Waals surface area contributed by atoms with Gasteiger partial charge in [0.05, 0.1) is 5.41 Å². The van der Waals surface area contributed by atoms with E-state index in [0.717, 1.165) is 64.1 Å². The molecule has 1 N–H and O–H groups in total. The monoisotopic (exact) mass is 370 g/mol. The summed E-state index contributed by atoms with van der Waals surface area (Å²) < 4.78 is 0.